The molecule has 2 aliphatic heterocycles. The zero-order valence-corrected chi connectivity index (χ0v) is 17.1. The Balaban J connectivity index is 1.54. The topological polar surface area (TPSA) is 58.6 Å². The number of aromatic nitrogens is 2. The van der Waals surface area contributed by atoms with Gasteiger partial charge >= 0.3 is 0 Å². The van der Waals surface area contributed by atoms with Crippen molar-refractivity contribution in [1.82, 2.24) is 9.97 Å². The zero-order valence-electron chi connectivity index (χ0n) is 17.1. The summed E-state index contributed by atoms with van der Waals surface area (Å²) in [5.74, 6) is -0.713. The Morgan fingerprint density at radius 2 is 1.93 bits per heavy atom. The van der Waals surface area contributed by atoms with Crippen LogP contribution in [0.3, 0.4) is 0 Å². The lowest BCUT2D eigenvalue weighted by molar-refractivity contribution is -0.121. The van der Waals surface area contributed by atoms with Gasteiger partial charge in [0, 0.05) is 43.5 Å². The number of benzene rings is 1. The summed E-state index contributed by atoms with van der Waals surface area (Å²) in [7, 11) is 0. The van der Waals surface area contributed by atoms with E-state index in [9.17, 15) is 13.6 Å². The zero-order chi connectivity index (χ0) is 21.1. The van der Waals surface area contributed by atoms with E-state index in [0.29, 0.717) is 56.5 Å². The Bertz CT molecular complexity index is 916. The van der Waals surface area contributed by atoms with Gasteiger partial charge < -0.3 is 14.5 Å². The molecule has 0 aliphatic carbocycles. The summed E-state index contributed by atoms with van der Waals surface area (Å²) in [6.07, 6.45) is 6.07. The monoisotopic (exact) mass is 416 g/mol. The predicted octanol–water partition coefficient (Wildman–Crippen LogP) is 4.10. The van der Waals surface area contributed by atoms with E-state index >= 15 is 0 Å². The maximum Gasteiger partial charge on any atom is 0.228 e. The van der Waals surface area contributed by atoms with Gasteiger partial charge in [-0.2, -0.15) is 4.98 Å². The molecule has 2 aliphatic rings. The third-order valence-electron chi connectivity index (χ3n) is 5.97. The summed E-state index contributed by atoms with van der Waals surface area (Å²) in [5, 5.41) is 0. The van der Waals surface area contributed by atoms with Crippen molar-refractivity contribution in [2.45, 2.75) is 51.0 Å². The summed E-state index contributed by atoms with van der Waals surface area (Å²) in [5.41, 5.74) is 0.0325. The van der Waals surface area contributed by atoms with Gasteiger partial charge in [-0.05, 0) is 44.2 Å². The lowest BCUT2D eigenvalue weighted by Gasteiger charge is -2.51. The number of amides is 1. The highest BCUT2D eigenvalue weighted by Crippen LogP contribution is 2.41. The van der Waals surface area contributed by atoms with Crippen LogP contribution in [0.4, 0.5) is 20.4 Å². The minimum atomic E-state index is -0.934. The molecule has 6 nitrogen and oxygen atoms in total. The second kappa shape index (κ2) is 8.53. The van der Waals surface area contributed by atoms with Crippen molar-refractivity contribution in [3.63, 3.8) is 0 Å². The highest BCUT2D eigenvalue weighted by Gasteiger charge is 2.45. The Hall–Kier alpha value is -2.77. The molecule has 160 valence electrons. The third kappa shape index (κ3) is 3.95. The van der Waals surface area contributed by atoms with Crippen molar-refractivity contribution in [1.29, 1.82) is 0 Å². The molecule has 0 atom stereocenters. The number of hydrogen-bond acceptors (Lipinski definition) is 5. The number of halogens is 2. The Morgan fingerprint density at radius 3 is 2.67 bits per heavy atom. The summed E-state index contributed by atoms with van der Waals surface area (Å²) >= 11 is 0. The molecule has 8 heteroatoms. The van der Waals surface area contributed by atoms with E-state index in [1.807, 2.05) is 6.92 Å². The summed E-state index contributed by atoms with van der Waals surface area (Å²) < 4.78 is 32.9. The van der Waals surface area contributed by atoms with Gasteiger partial charge in [0.15, 0.2) is 11.6 Å². The van der Waals surface area contributed by atoms with Crippen LogP contribution in [0.2, 0.25) is 0 Å². The van der Waals surface area contributed by atoms with Gasteiger partial charge in [0.2, 0.25) is 17.7 Å². The maximum absolute atomic E-state index is 13.9. The van der Waals surface area contributed by atoms with Gasteiger partial charge in [-0.25, -0.2) is 13.8 Å². The van der Waals surface area contributed by atoms with E-state index in [0.717, 1.165) is 31.4 Å². The first-order chi connectivity index (χ1) is 14.5. The molecule has 0 unspecified atom stereocenters. The first-order valence-electron chi connectivity index (χ1n) is 10.5. The smallest absolute Gasteiger partial charge is 0.228 e. The fourth-order valence-corrected chi connectivity index (χ4v) is 4.47. The van der Waals surface area contributed by atoms with Gasteiger partial charge in [0.05, 0.1) is 12.1 Å². The standard InChI is InChI=1S/C22H26F2N4O2/c1-2-14-30-19-7-11-25-21(26-19)27-12-9-22(10-13-27)8-3-4-20(29)28(22)16-5-6-17(23)18(24)15-16/h5-7,11,15H,2-4,8-10,12-14H2,1H3. The van der Waals surface area contributed by atoms with E-state index < -0.39 is 17.2 Å². The largest absolute Gasteiger partial charge is 0.478 e. The van der Waals surface area contributed by atoms with Crippen LogP contribution >= 0.6 is 0 Å². The van der Waals surface area contributed by atoms with Crippen LogP contribution in [-0.4, -0.2) is 41.1 Å². The van der Waals surface area contributed by atoms with Crippen molar-refractivity contribution in [3.8, 4) is 5.88 Å². The highest BCUT2D eigenvalue weighted by atomic mass is 19.2. The second-order valence-corrected chi connectivity index (χ2v) is 7.94. The van der Waals surface area contributed by atoms with E-state index in [4.69, 9.17) is 4.74 Å². The van der Waals surface area contributed by atoms with Crippen LogP contribution in [0, 0.1) is 11.6 Å². The molecule has 1 aromatic carbocycles. The summed E-state index contributed by atoms with van der Waals surface area (Å²) in [6, 6.07) is 5.46. The van der Waals surface area contributed by atoms with Gasteiger partial charge in [0.25, 0.3) is 0 Å². The predicted molar refractivity (Wildman–Crippen MR) is 110 cm³/mol. The van der Waals surface area contributed by atoms with Gasteiger partial charge in [0.1, 0.15) is 0 Å². The summed E-state index contributed by atoms with van der Waals surface area (Å²) in [4.78, 5) is 25.5. The molecule has 30 heavy (non-hydrogen) atoms. The summed E-state index contributed by atoms with van der Waals surface area (Å²) in [6.45, 7) is 3.98. The van der Waals surface area contributed by atoms with E-state index in [1.54, 1.807) is 17.2 Å². The molecular formula is C22H26F2N4O2. The normalized spacial score (nSPS) is 18.7. The molecule has 1 aromatic heterocycles. The van der Waals surface area contributed by atoms with E-state index in [1.165, 1.54) is 6.07 Å². The van der Waals surface area contributed by atoms with Crippen LogP contribution < -0.4 is 14.5 Å². The molecule has 1 amide bonds. The number of anilines is 2. The molecule has 0 bridgehead atoms. The number of carbonyl (C=O) groups excluding carboxylic acids is 1. The average Bonchev–Trinajstić information content (AvgIpc) is 2.75. The highest BCUT2D eigenvalue weighted by molar-refractivity contribution is 5.95. The average molecular weight is 416 g/mol. The second-order valence-electron chi connectivity index (χ2n) is 7.94. The van der Waals surface area contributed by atoms with Gasteiger partial charge in [-0.3, -0.25) is 4.79 Å². The lowest BCUT2D eigenvalue weighted by atomic mass is 9.78. The number of carbonyl (C=O) groups is 1. The number of nitrogens with zero attached hydrogens (tertiary/aromatic N) is 4. The Morgan fingerprint density at radius 1 is 1.13 bits per heavy atom. The number of rotatable bonds is 5. The molecule has 0 radical (unpaired) electrons. The number of piperidine rings is 2. The minimum Gasteiger partial charge on any atom is -0.478 e. The van der Waals surface area contributed by atoms with Crippen molar-refractivity contribution >= 4 is 17.5 Å². The maximum atomic E-state index is 13.9. The fraction of sp³-hybridized carbons (Fsp3) is 0.500. The molecule has 2 fully saturated rings. The molecule has 4 rings (SSSR count). The first-order valence-corrected chi connectivity index (χ1v) is 10.5. The Labute approximate surface area is 174 Å². The van der Waals surface area contributed by atoms with E-state index in [2.05, 4.69) is 14.9 Å². The van der Waals surface area contributed by atoms with E-state index in [-0.39, 0.29) is 5.91 Å². The molecule has 2 saturated heterocycles. The molecule has 2 aromatic rings. The number of ether oxygens (including phenoxy) is 1. The Kier molecular flexibility index (Phi) is 5.83. The minimum absolute atomic E-state index is 0.0353. The lowest BCUT2D eigenvalue weighted by Crippen LogP contribution is -2.60. The van der Waals surface area contributed by atoms with Gasteiger partial charge in [-0.15, -0.1) is 0 Å². The van der Waals surface area contributed by atoms with Crippen LogP contribution in [0.25, 0.3) is 0 Å². The fourth-order valence-electron chi connectivity index (χ4n) is 4.47. The van der Waals surface area contributed by atoms with Crippen LogP contribution in [-0.2, 0) is 4.79 Å². The van der Waals surface area contributed by atoms with Crippen molar-refractivity contribution in [2.24, 2.45) is 0 Å². The molecule has 0 N–H and O–H groups in total. The number of hydrogen-bond donors (Lipinski definition) is 0. The van der Waals surface area contributed by atoms with Gasteiger partial charge in [-0.1, -0.05) is 6.92 Å². The third-order valence-corrected chi connectivity index (χ3v) is 5.97. The molecule has 0 saturated carbocycles. The van der Waals surface area contributed by atoms with Crippen LogP contribution in [0.15, 0.2) is 30.5 Å². The van der Waals surface area contributed by atoms with Crippen molar-refractivity contribution in [2.75, 3.05) is 29.5 Å². The quantitative estimate of drug-likeness (QED) is 0.735. The molecule has 1 spiro atoms. The molecular weight excluding hydrogens is 390 g/mol. The van der Waals surface area contributed by atoms with Crippen molar-refractivity contribution in [3.05, 3.63) is 42.1 Å². The molecule has 3 heterocycles. The van der Waals surface area contributed by atoms with Crippen molar-refractivity contribution < 1.29 is 18.3 Å². The SMILES string of the molecule is CCCOc1ccnc(N2CCC3(CCCC(=O)N3c3ccc(F)c(F)c3)CC2)n1. The van der Waals surface area contributed by atoms with Crippen LogP contribution in [0.5, 0.6) is 5.88 Å². The first kappa shape index (κ1) is 20.5. The van der Waals surface area contributed by atoms with Crippen LogP contribution in [0.1, 0.15) is 45.4 Å².